The molecule has 1 saturated heterocycles. The van der Waals surface area contributed by atoms with E-state index in [0.717, 1.165) is 12.8 Å². The Hall–Kier alpha value is -1.84. The van der Waals surface area contributed by atoms with Gasteiger partial charge in [0.15, 0.2) is 0 Å². The van der Waals surface area contributed by atoms with Crippen LogP contribution in [0, 0.1) is 5.82 Å². The quantitative estimate of drug-likeness (QED) is 0.837. The maximum atomic E-state index is 13.0. The van der Waals surface area contributed by atoms with E-state index in [2.05, 4.69) is 10.2 Å². The van der Waals surface area contributed by atoms with Crippen molar-refractivity contribution in [3.8, 4) is 11.5 Å². The molecule has 1 aliphatic heterocycles. The Labute approximate surface area is 140 Å². The van der Waals surface area contributed by atoms with Crippen molar-refractivity contribution >= 4 is 10.2 Å². The molecule has 24 heavy (non-hydrogen) atoms. The molecule has 0 spiro atoms. The Morgan fingerprint density at radius 1 is 1.25 bits per heavy atom. The lowest BCUT2D eigenvalue weighted by molar-refractivity contribution is 0.274. The first-order chi connectivity index (χ1) is 11.4. The highest BCUT2D eigenvalue weighted by Gasteiger charge is 2.33. The first-order valence-corrected chi connectivity index (χ1v) is 9.04. The zero-order valence-electron chi connectivity index (χ0n) is 13.5. The molecule has 3 rings (SSSR count). The van der Waals surface area contributed by atoms with Crippen LogP contribution in [0.25, 0.3) is 11.5 Å². The number of halogens is 1. The third kappa shape index (κ3) is 3.33. The van der Waals surface area contributed by atoms with E-state index in [0.29, 0.717) is 30.4 Å². The van der Waals surface area contributed by atoms with Crippen LogP contribution in [-0.4, -0.2) is 54.4 Å². The number of hydrogen-bond acceptors (Lipinski definition) is 5. The molecule has 1 aromatic carbocycles. The van der Waals surface area contributed by atoms with Crippen LogP contribution in [0.3, 0.4) is 0 Å². The Morgan fingerprint density at radius 3 is 2.62 bits per heavy atom. The highest BCUT2D eigenvalue weighted by molar-refractivity contribution is 7.86. The average Bonchev–Trinajstić information content (AvgIpc) is 3.05. The molecule has 130 valence electrons. The third-order valence-electron chi connectivity index (χ3n) is 4.05. The normalized spacial score (nSPS) is 19.8. The third-order valence-corrected chi connectivity index (χ3v) is 5.96. The maximum Gasteiger partial charge on any atom is 0.281 e. The van der Waals surface area contributed by atoms with Crippen LogP contribution in [0.15, 0.2) is 28.7 Å². The molecule has 9 heteroatoms. The van der Waals surface area contributed by atoms with Crippen molar-refractivity contribution in [2.75, 3.05) is 27.2 Å². The lowest BCUT2D eigenvalue weighted by atomic mass is 10.00. The molecule has 0 saturated carbocycles. The number of hydrogen-bond donors (Lipinski definition) is 0. The predicted molar refractivity (Wildman–Crippen MR) is 85.8 cm³/mol. The number of piperidine rings is 1. The van der Waals surface area contributed by atoms with Gasteiger partial charge >= 0.3 is 0 Å². The second-order valence-electron chi connectivity index (χ2n) is 5.94. The fraction of sp³-hybridized carbons (Fsp3) is 0.467. The highest BCUT2D eigenvalue weighted by Crippen LogP contribution is 2.29. The first kappa shape index (κ1) is 17.0. The van der Waals surface area contributed by atoms with Gasteiger partial charge in [-0.3, -0.25) is 0 Å². The summed E-state index contributed by atoms with van der Waals surface area (Å²) in [5.74, 6) is 0.232. The summed E-state index contributed by atoms with van der Waals surface area (Å²) in [7, 11) is -0.431. The first-order valence-electron chi connectivity index (χ1n) is 7.65. The minimum Gasteiger partial charge on any atom is -0.420 e. The lowest BCUT2D eigenvalue weighted by Crippen LogP contribution is -2.44. The van der Waals surface area contributed by atoms with Gasteiger partial charge in [0.1, 0.15) is 5.82 Å². The zero-order valence-corrected chi connectivity index (χ0v) is 14.3. The number of rotatable bonds is 4. The molecule has 0 amide bonds. The standard InChI is InChI=1S/C15H19FN4O3S/c1-19(2)24(21,22)20-9-3-4-12(10-20)15-18-17-14(23-15)11-5-7-13(16)8-6-11/h5-8,12H,3-4,9-10H2,1-2H3. The van der Waals surface area contributed by atoms with Crippen molar-refractivity contribution in [3.63, 3.8) is 0 Å². The van der Waals surface area contributed by atoms with E-state index in [1.807, 2.05) is 0 Å². The van der Waals surface area contributed by atoms with Crippen LogP contribution in [0.2, 0.25) is 0 Å². The summed E-state index contributed by atoms with van der Waals surface area (Å²) < 4.78 is 45.9. The van der Waals surface area contributed by atoms with Crippen LogP contribution >= 0.6 is 0 Å². The van der Waals surface area contributed by atoms with Crippen molar-refractivity contribution in [1.82, 2.24) is 18.8 Å². The van der Waals surface area contributed by atoms with E-state index >= 15 is 0 Å². The molecule has 2 heterocycles. The molecule has 1 fully saturated rings. The van der Waals surface area contributed by atoms with E-state index < -0.39 is 10.2 Å². The van der Waals surface area contributed by atoms with E-state index in [1.165, 1.54) is 34.8 Å². The molecule has 0 aliphatic carbocycles. The molecule has 1 atom stereocenters. The van der Waals surface area contributed by atoms with E-state index in [-0.39, 0.29) is 11.7 Å². The fourth-order valence-electron chi connectivity index (χ4n) is 2.69. The Morgan fingerprint density at radius 2 is 1.96 bits per heavy atom. The van der Waals surface area contributed by atoms with E-state index in [9.17, 15) is 12.8 Å². The number of nitrogens with zero attached hydrogens (tertiary/aromatic N) is 4. The van der Waals surface area contributed by atoms with Gasteiger partial charge in [0.2, 0.25) is 11.8 Å². The van der Waals surface area contributed by atoms with Gasteiger partial charge in [0.25, 0.3) is 10.2 Å². The predicted octanol–water partition coefficient (Wildman–Crippen LogP) is 1.86. The smallest absolute Gasteiger partial charge is 0.281 e. The van der Waals surface area contributed by atoms with Crippen molar-refractivity contribution in [3.05, 3.63) is 36.0 Å². The molecule has 2 aromatic rings. The molecular formula is C15H19FN4O3S. The van der Waals surface area contributed by atoms with Crippen LogP contribution < -0.4 is 0 Å². The van der Waals surface area contributed by atoms with Crippen molar-refractivity contribution < 1.29 is 17.2 Å². The fourth-order valence-corrected chi connectivity index (χ4v) is 3.88. The summed E-state index contributed by atoms with van der Waals surface area (Å²) in [6.45, 7) is 0.793. The van der Waals surface area contributed by atoms with Crippen LogP contribution in [-0.2, 0) is 10.2 Å². The topological polar surface area (TPSA) is 79.5 Å². The summed E-state index contributed by atoms with van der Waals surface area (Å²) >= 11 is 0. The molecule has 1 aliphatic rings. The van der Waals surface area contributed by atoms with Crippen molar-refractivity contribution in [2.45, 2.75) is 18.8 Å². The molecule has 0 radical (unpaired) electrons. The van der Waals surface area contributed by atoms with Gasteiger partial charge in [-0.1, -0.05) is 0 Å². The highest BCUT2D eigenvalue weighted by atomic mass is 32.2. The van der Waals surface area contributed by atoms with Gasteiger partial charge in [-0.05, 0) is 37.1 Å². The summed E-state index contributed by atoms with van der Waals surface area (Å²) in [6, 6.07) is 5.78. The minimum atomic E-state index is -3.46. The molecular weight excluding hydrogens is 335 g/mol. The Balaban J connectivity index is 1.79. The monoisotopic (exact) mass is 354 g/mol. The van der Waals surface area contributed by atoms with Crippen molar-refractivity contribution in [1.29, 1.82) is 0 Å². The largest absolute Gasteiger partial charge is 0.420 e. The zero-order chi connectivity index (χ0) is 17.3. The molecule has 0 bridgehead atoms. The Bertz CT molecular complexity index is 804. The molecule has 1 unspecified atom stereocenters. The van der Waals surface area contributed by atoms with E-state index in [1.54, 1.807) is 12.1 Å². The van der Waals surface area contributed by atoms with Crippen LogP contribution in [0.5, 0.6) is 0 Å². The van der Waals surface area contributed by atoms with Gasteiger partial charge < -0.3 is 4.42 Å². The van der Waals surface area contributed by atoms with Gasteiger partial charge in [0, 0.05) is 32.7 Å². The van der Waals surface area contributed by atoms with Gasteiger partial charge in [-0.25, -0.2) is 4.39 Å². The van der Waals surface area contributed by atoms with Gasteiger partial charge in [-0.15, -0.1) is 10.2 Å². The summed E-state index contributed by atoms with van der Waals surface area (Å²) in [5.41, 5.74) is 0.628. The minimum absolute atomic E-state index is 0.143. The average molecular weight is 354 g/mol. The van der Waals surface area contributed by atoms with Gasteiger partial charge in [0.05, 0.1) is 5.92 Å². The summed E-state index contributed by atoms with van der Waals surface area (Å²) in [5, 5.41) is 8.05. The van der Waals surface area contributed by atoms with E-state index in [4.69, 9.17) is 4.42 Å². The summed E-state index contributed by atoms with van der Waals surface area (Å²) in [6.07, 6.45) is 1.51. The second kappa shape index (κ2) is 6.58. The van der Waals surface area contributed by atoms with Gasteiger partial charge in [-0.2, -0.15) is 17.0 Å². The number of benzene rings is 1. The molecule has 7 nitrogen and oxygen atoms in total. The Kier molecular flexibility index (Phi) is 4.66. The molecule has 1 aromatic heterocycles. The SMILES string of the molecule is CN(C)S(=O)(=O)N1CCCC(c2nnc(-c3ccc(F)cc3)o2)C1. The lowest BCUT2D eigenvalue weighted by Gasteiger charge is -2.31. The van der Waals surface area contributed by atoms with Crippen LogP contribution in [0.4, 0.5) is 4.39 Å². The van der Waals surface area contributed by atoms with Crippen molar-refractivity contribution in [2.24, 2.45) is 0 Å². The molecule has 0 N–H and O–H groups in total. The number of aromatic nitrogens is 2. The maximum absolute atomic E-state index is 13.0. The second-order valence-corrected chi connectivity index (χ2v) is 8.08. The summed E-state index contributed by atoms with van der Waals surface area (Å²) in [4.78, 5) is 0. The van der Waals surface area contributed by atoms with Crippen LogP contribution in [0.1, 0.15) is 24.7 Å².